The molecule has 92 valence electrons. The quantitative estimate of drug-likeness (QED) is 0.661. The van der Waals surface area contributed by atoms with Crippen molar-refractivity contribution in [2.45, 2.75) is 6.42 Å². The van der Waals surface area contributed by atoms with E-state index in [0.717, 1.165) is 0 Å². The van der Waals surface area contributed by atoms with Crippen molar-refractivity contribution in [3.8, 4) is 5.75 Å². The highest BCUT2D eigenvalue weighted by Gasteiger charge is 2.17. The van der Waals surface area contributed by atoms with Crippen molar-refractivity contribution in [1.82, 2.24) is 4.57 Å². The average Bonchev–Trinajstić information content (AvgIpc) is 2.76. The molecule has 1 heterocycles. The Bertz CT molecular complexity index is 599. The topological polar surface area (TPSA) is 59.3 Å². The maximum atomic E-state index is 11.9. The normalized spacial score (nSPS) is 10.3. The summed E-state index contributed by atoms with van der Waals surface area (Å²) in [6.07, 6.45) is 1.51. The van der Waals surface area contributed by atoms with Crippen molar-refractivity contribution >= 4 is 11.6 Å². The zero-order valence-corrected chi connectivity index (χ0v) is 9.96. The first kappa shape index (κ1) is 12.1. The van der Waals surface area contributed by atoms with Gasteiger partial charge in [0.1, 0.15) is 5.75 Å². The molecule has 18 heavy (non-hydrogen) atoms. The molecule has 0 aliphatic rings. The van der Waals surface area contributed by atoms with Gasteiger partial charge in [-0.1, -0.05) is 12.1 Å². The van der Waals surface area contributed by atoms with Gasteiger partial charge in [0.05, 0.1) is 17.7 Å². The number of carbonyl (C=O) groups excluding carboxylic acids is 2. The van der Waals surface area contributed by atoms with Gasteiger partial charge in [0, 0.05) is 13.2 Å². The Kier molecular flexibility index (Phi) is 3.28. The maximum Gasteiger partial charge on any atom is 0.186 e. The molecule has 0 saturated heterocycles. The number of hydrogen-bond donors (Lipinski definition) is 1. The number of aromatic nitrogens is 1. The lowest BCUT2D eigenvalue weighted by molar-refractivity contribution is 0.0888. The Morgan fingerprint density at radius 1 is 1.11 bits per heavy atom. The molecule has 2 rings (SSSR count). The maximum absolute atomic E-state index is 11.9. The van der Waals surface area contributed by atoms with E-state index in [9.17, 15) is 14.7 Å². The monoisotopic (exact) mass is 243 g/mol. The van der Waals surface area contributed by atoms with Crippen LogP contribution in [0.15, 0.2) is 42.6 Å². The van der Waals surface area contributed by atoms with Crippen LogP contribution < -0.4 is 0 Å². The number of aromatic hydroxyl groups is 1. The predicted octanol–water partition coefficient (Wildman–Crippen LogP) is 2.19. The molecule has 1 N–H and O–H groups in total. The van der Waals surface area contributed by atoms with E-state index in [-0.39, 0.29) is 29.3 Å². The van der Waals surface area contributed by atoms with Crippen molar-refractivity contribution < 1.29 is 14.7 Å². The molecule has 2 aromatic rings. The van der Waals surface area contributed by atoms with E-state index in [0.29, 0.717) is 5.69 Å². The van der Waals surface area contributed by atoms with Gasteiger partial charge < -0.3 is 9.67 Å². The van der Waals surface area contributed by atoms with Crippen molar-refractivity contribution in [3.63, 3.8) is 0 Å². The van der Waals surface area contributed by atoms with Crippen LogP contribution in [0.4, 0.5) is 0 Å². The number of carbonyl (C=O) groups is 2. The number of rotatable bonds is 4. The Balaban J connectivity index is 2.16. The molecule has 0 spiro atoms. The number of phenols is 1. The Morgan fingerprint density at radius 2 is 1.83 bits per heavy atom. The summed E-state index contributed by atoms with van der Waals surface area (Å²) < 4.78 is 1.67. The van der Waals surface area contributed by atoms with E-state index >= 15 is 0 Å². The first-order valence-corrected chi connectivity index (χ1v) is 5.55. The van der Waals surface area contributed by atoms with E-state index in [4.69, 9.17) is 0 Å². The van der Waals surface area contributed by atoms with E-state index in [1.807, 2.05) is 0 Å². The second-order valence-electron chi connectivity index (χ2n) is 4.04. The fourth-order valence-electron chi connectivity index (χ4n) is 1.79. The number of nitrogens with zero attached hydrogens (tertiary/aromatic N) is 1. The summed E-state index contributed by atoms with van der Waals surface area (Å²) in [6.45, 7) is 0. The van der Waals surface area contributed by atoms with Crippen LogP contribution >= 0.6 is 0 Å². The third-order valence-electron chi connectivity index (χ3n) is 2.76. The van der Waals surface area contributed by atoms with E-state index in [2.05, 4.69) is 0 Å². The molecule has 4 heteroatoms. The fraction of sp³-hybridized carbons (Fsp3) is 0.143. The summed E-state index contributed by atoms with van der Waals surface area (Å²) >= 11 is 0. The number of ketones is 2. The Morgan fingerprint density at radius 3 is 2.44 bits per heavy atom. The lowest BCUT2D eigenvalue weighted by Crippen LogP contribution is -2.11. The summed E-state index contributed by atoms with van der Waals surface area (Å²) in [7, 11) is 1.75. The van der Waals surface area contributed by atoms with Gasteiger partial charge in [-0.2, -0.15) is 0 Å². The number of phenolic OH excluding ortho intramolecular Hbond substituents is 1. The first-order chi connectivity index (χ1) is 8.59. The van der Waals surface area contributed by atoms with Crippen LogP contribution in [0.5, 0.6) is 5.75 Å². The van der Waals surface area contributed by atoms with Crippen LogP contribution in [0.1, 0.15) is 27.3 Å². The molecule has 0 fully saturated rings. The molecule has 0 unspecified atom stereocenters. The average molecular weight is 243 g/mol. The fourth-order valence-corrected chi connectivity index (χ4v) is 1.79. The van der Waals surface area contributed by atoms with Gasteiger partial charge in [-0.15, -0.1) is 0 Å². The van der Waals surface area contributed by atoms with Gasteiger partial charge in [0.2, 0.25) is 0 Å². The summed E-state index contributed by atoms with van der Waals surface area (Å²) in [5.74, 6) is -0.725. The smallest absolute Gasteiger partial charge is 0.186 e. The van der Waals surface area contributed by atoms with Gasteiger partial charge in [-0.05, 0) is 24.3 Å². The van der Waals surface area contributed by atoms with Gasteiger partial charge in [-0.25, -0.2) is 0 Å². The van der Waals surface area contributed by atoms with Crippen molar-refractivity contribution in [1.29, 1.82) is 0 Å². The van der Waals surface area contributed by atoms with Gasteiger partial charge in [0.15, 0.2) is 11.6 Å². The zero-order valence-electron chi connectivity index (χ0n) is 9.96. The van der Waals surface area contributed by atoms with Crippen LogP contribution in [-0.4, -0.2) is 21.2 Å². The van der Waals surface area contributed by atoms with Crippen LogP contribution in [0, 0.1) is 0 Å². The molecule has 4 nitrogen and oxygen atoms in total. The molecule has 1 aromatic heterocycles. The van der Waals surface area contributed by atoms with Crippen molar-refractivity contribution in [3.05, 3.63) is 53.9 Å². The predicted molar refractivity (Wildman–Crippen MR) is 66.8 cm³/mol. The minimum absolute atomic E-state index is 0.0952. The number of benzene rings is 1. The SMILES string of the molecule is Cn1cccc1C(=O)CC(=O)c1ccccc1O. The summed E-state index contributed by atoms with van der Waals surface area (Å²) in [5, 5.41) is 9.54. The second kappa shape index (κ2) is 4.87. The molecule has 0 saturated carbocycles. The number of para-hydroxylation sites is 1. The molecule has 0 atom stereocenters. The van der Waals surface area contributed by atoms with E-state index in [1.54, 1.807) is 42.1 Å². The van der Waals surface area contributed by atoms with Crippen LogP contribution in [0.25, 0.3) is 0 Å². The largest absolute Gasteiger partial charge is 0.507 e. The second-order valence-corrected chi connectivity index (χ2v) is 4.04. The van der Waals surface area contributed by atoms with E-state index in [1.165, 1.54) is 12.1 Å². The summed E-state index contributed by atoms with van der Waals surface area (Å²) in [5.41, 5.74) is 0.666. The molecule has 1 aromatic carbocycles. The first-order valence-electron chi connectivity index (χ1n) is 5.55. The molecular weight excluding hydrogens is 230 g/mol. The molecule has 0 bridgehead atoms. The third kappa shape index (κ3) is 2.32. The highest BCUT2D eigenvalue weighted by atomic mass is 16.3. The Labute approximate surface area is 104 Å². The number of Topliss-reactive ketones (excluding diaryl/α,β-unsaturated/α-hetero) is 2. The van der Waals surface area contributed by atoms with Gasteiger partial charge in [0.25, 0.3) is 0 Å². The van der Waals surface area contributed by atoms with Gasteiger partial charge in [-0.3, -0.25) is 9.59 Å². The lowest BCUT2D eigenvalue weighted by atomic mass is 10.0. The molecular formula is C14H13NO3. The highest BCUT2D eigenvalue weighted by Crippen LogP contribution is 2.18. The zero-order chi connectivity index (χ0) is 13.1. The van der Waals surface area contributed by atoms with Crippen LogP contribution in [0.3, 0.4) is 0 Å². The summed E-state index contributed by atoms with van der Waals surface area (Å²) in [6, 6.07) is 9.64. The van der Waals surface area contributed by atoms with Crippen LogP contribution in [0.2, 0.25) is 0 Å². The molecule has 0 aliphatic carbocycles. The van der Waals surface area contributed by atoms with Crippen LogP contribution in [-0.2, 0) is 7.05 Å². The standard InChI is InChI=1S/C14H13NO3/c1-15-8-4-6-11(15)14(18)9-13(17)10-5-2-3-7-12(10)16/h2-8,16H,9H2,1H3. The Hall–Kier alpha value is -2.36. The minimum atomic E-state index is -0.376. The number of hydrogen-bond acceptors (Lipinski definition) is 3. The lowest BCUT2D eigenvalue weighted by Gasteiger charge is -2.04. The molecule has 0 amide bonds. The van der Waals surface area contributed by atoms with Gasteiger partial charge >= 0.3 is 0 Å². The summed E-state index contributed by atoms with van der Waals surface area (Å²) in [4.78, 5) is 23.8. The van der Waals surface area contributed by atoms with E-state index < -0.39 is 0 Å². The van der Waals surface area contributed by atoms with Crippen molar-refractivity contribution in [2.24, 2.45) is 7.05 Å². The minimum Gasteiger partial charge on any atom is -0.507 e. The van der Waals surface area contributed by atoms with Crippen molar-refractivity contribution in [2.75, 3.05) is 0 Å². The highest BCUT2D eigenvalue weighted by molar-refractivity contribution is 6.13. The third-order valence-corrected chi connectivity index (χ3v) is 2.76. The number of aryl methyl sites for hydroxylation is 1. The molecule has 0 aliphatic heterocycles. The molecule has 0 radical (unpaired) electrons.